The fraction of sp³-hybridized carbons (Fsp3) is 0.571. The van der Waals surface area contributed by atoms with Gasteiger partial charge in [0.25, 0.3) is 0 Å². The van der Waals surface area contributed by atoms with Crippen molar-refractivity contribution >= 4 is 16.9 Å². The molecule has 2 heterocycles. The molecule has 4 heteroatoms. The van der Waals surface area contributed by atoms with Gasteiger partial charge in [0.15, 0.2) is 5.17 Å². The molecular weight excluding hydrogens is 242 g/mol. The summed E-state index contributed by atoms with van der Waals surface area (Å²) in [5, 5.41) is 5.15. The van der Waals surface area contributed by atoms with E-state index in [9.17, 15) is 0 Å². The van der Waals surface area contributed by atoms with Crippen LogP contribution in [-0.2, 0) is 13.0 Å². The molecule has 3 nitrogen and oxygen atoms in total. The second-order valence-electron chi connectivity index (χ2n) is 4.79. The lowest BCUT2D eigenvalue weighted by Gasteiger charge is -2.26. The summed E-state index contributed by atoms with van der Waals surface area (Å²) in [5.74, 6) is 0. The molecule has 0 aromatic carbocycles. The number of aryl methyl sites for hydroxylation is 1. The predicted molar refractivity (Wildman–Crippen MR) is 79.0 cm³/mol. The summed E-state index contributed by atoms with van der Waals surface area (Å²) in [4.78, 5) is 9.10. The first kappa shape index (κ1) is 13.4. The zero-order chi connectivity index (χ0) is 13.0. The Morgan fingerprint density at radius 1 is 1.50 bits per heavy atom. The van der Waals surface area contributed by atoms with Crippen LogP contribution in [0.4, 0.5) is 0 Å². The van der Waals surface area contributed by atoms with Crippen molar-refractivity contribution in [2.45, 2.75) is 51.4 Å². The van der Waals surface area contributed by atoms with E-state index in [1.165, 1.54) is 12.0 Å². The fourth-order valence-electron chi connectivity index (χ4n) is 2.21. The van der Waals surface area contributed by atoms with Gasteiger partial charge in [0.1, 0.15) is 0 Å². The lowest BCUT2D eigenvalue weighted by Crippen LogP contribution is -2.38. The Morgan fingerprint density at radius 3 is 3.06 bits per heavy atom. The molecule has 0 bridgehead atoms. The summed E-state index contributed by atoms with van der Waals surface area (Å²) in [5.41, 5.74) is 2.39. The van der Waals surface area contributed by atoms with Crippen molar-refractivity contribution in [3.63, 3.8) is 0 Å². The summed E-state index contributed by atoms with van der Waals surface area (Å²) < 4.78 is 0. The molecular formula is C14H21N3S. The Labute approximate surface area is 113 Å². The molecule has 1 fully saturated rings. The third-order valence-electron chi connectivity index (χ3n) is 3.11. The van der Waals surface area contributed by atoms with Gasteiger partial charge in [0, 0.05) is 17.5 Å². The first-order valence-corrected chi connectivity index (χ1v) is 7.47. The van der Waals surface area contributed by atoms with Crippen LogP contribution in [0.3, 0.4) is 0 Å². The molecule has 0 amide bonds. The summed E-state index contributed by atoms with van der Waals surface area (Å²) in [6.07, 6.45) is 4.07. The van der Waals surface area contributed by atoms with Crippen LogP contribution >= 0.6 is 11.8 Å². The fourth-order valence-corrected chi connectivity index (χ4v) is 3.38. The molecule has 2 atom stereocenters. The highest BCUT2D eigenvalue weighted by Gasteiger charge is 2.19. The molecule has 0 spiro atoms. The number of aliphatic imine (C=N–C) groups is 1. The molecule has 1 aromatic rings. The normalized spacial score (nSPS) is 26.1. The van der Waals surface area contributed by atoms with E-state index in [4.69, 9.17) is 0 Å². The highest BCUT2D eigenvalue weighted by atomic mass is 32.2. The van der Waals surface area contributed by atoms with E-state index >= 15 is 0 Å². The molecule has 1 saturated heterocycles. The van der Waals surface area contributed by atoms with Crippen molar-refractivity contribution in [3.05, 3.63) is 29.6 Å². The van der Waals surface area contributed by atoms with E-state index in [2.05, 4.69) is 42.1 Å². The van der Waals surface area contributed by atoms with Crippen LogP contribution < -0.4 is 5.32 Å². The maximum atomic E-state index is 4.67. The van der Waals surface area contributed by atoms with Gasteiger partial charge in [-0.05, 0) is 31.4 Å². The number of nitrogens with one attached hydrogen (secondary N) is 1. The topological polar surface area (TPSA) is 37.3 Å². The Kier molecular flexibility index (Phi) is 4.64. The lowest BCUT2D eigenvalue weighted by atomic mass is 10.1. The van der Waals surface area contributed by atoms with E-state index in [1.807, 2.05) is 24.0 Å². The second kappa shape index (κ2) is 6.23. The zero-order valence-electron chi connectivity index (χ0n) is 11.3. The van der Waals surface area contributed by atoms with Gasteiger partial charge in [-0.3, -0.25) is 9.98 Å². The number of amidine groups is 1. The average molecular weight is 263 g/mol. The number of hydrogen-bond donors (Lipinski definition) is 1. The summed E-state index contributed by atoms with van der Waals surface area (Å²) in [7, 11) is 0. The Bertz CT molecular complexity index is 419. The smallest absolute Gasteiger partial charge is 0.157 e. The highest BCUT2D eigenvalue weighted by Crippen LogP contribution is 2.22. The van der Waals surface area contributed by atoms with Gasteiger partial charge in [0.05, 0.1) is 12.2 Å². The highest BCUT2D eigenvalue weighted by molar-refractivity contribution is 8.14. The molecule has 0 aliphatic carbocycles. The molecule has 2 unspecified atom stereocenters. The van der Waals surface area contributed by atoms with E-state index in [1.54, 1.807) is 0 Å². The van der Waals surface area contributed by atoms with Gasteiger partial charge in [-0.15, -0.1) is 0 Å². The van der Waals surface area contributed by atoms with Crippen molar-refractivity contribution in [1.82, 2.24) is 10.3 Å². The standard InChI is InChI=1S/C14H21N3S/c1-4-12-6-5-7-15-13(12)9-16-14-17-10(2)8-11(3)18-14/h5-7,10-11H,4,8-9H2,1-3H3,(H,16,17). The Morgan fingerprint density at radius 2 is 2.33 bits per heavy atom. The van der Waals surface area contributed by atoms with Crippen LogP contribution in [0.15, 0.2) is 23.3 Å². The molecule has 1 aromatic heterocycles. The monoisotopic (exact) mass is 263 g/mol. The third-order valence-corrected chi connectivity index (χ3v) is 4.17. The molecule has 0 radical (unpaired) electrons. The van der Waals surface area contributed by atoms with E-state index in [-0.39, 0.29) is 0 Å². The molecule has 0 saturated carbocycles. The molecule has 1 aliphatic heterocycles. The Balaban J connectivity index is 2.05. The van der Waals surface area contributed by atoms with Crippen molar-refractivity contribution in [2.24, 2.45) is 4.99 Å². The minimum atomic E-state index is 0.523. The molecule has 1 N–H and O–H groups in total. The van der Waals surface area contributed by atoms with Gasteiger partial charge >= 0.3 is 0 Å². The van der Waals surface area contributed by atoms with Gasteiger partial charge in [-0.2, -0.15) is 0 Å². The molecule has 98 valence electrons. The van der Waals surface area contributed by atoms with Gasteiger partial charge in [-0.25, -0.2) is 0 Å². The molecule has 2 rings (SSSR count). The summed E-state index contributed by atoms with van der Waals surface area (Å²) in [6.45, 7) is 7.31. The maximum Gasteiger partial charge on any atom is 0.157 e. The summed E-state index contributed by atoms with van der Waals surface area (Å²) >= 11 is 1.83. The van der Waals surface area contributed by atoms with E-state index in [0.717, 1.165) is 17.3 Å². The van der Waals surface area contributed by atoms with E-state index in [0.29, 0.717) is 17.8 Å². The van der Waals surface area contributed by atoms with Gasteiger partial charge in [-0.1, -0.05) is 31.7 Å². The first-order chi connectivity index (χ1) is 8.69. The van der Waals surface area contributed by atoms with Crippen LogP contribution in [0.2, 0.25) is 0 Å². The number of rotatable bonds is 3. The van der Waals surface area contributed by atoms with Gasteiger partial charge in [0.2, 0.25) is 0 Å². The Hall–Kier alpha value is -1.03. The second-order valence-corrected chi connectivity index (χ2v) is 6.22. The number of aromatic nitrogens is 1. The largest absolute Gasteiger partial charge is 0.362 e. The predicted octanol–water partition coefficient (Wildman–Crippen LogP) is 3.00. The quantitative estimate of drug-likeness (QED) is 0.911. The minimum Gasteiger partial charge on any atom is -0.362 e. The minimum absolute atomic E-state index is 0.523. The van der Waals surface area contributed by atoms with Crippen LogP contribution in [-0.4, -0.2) is 21.4 Å². The van der Waals surface area contributed by atoms with Crippen LogP contribution in [0.5, 0.6) is 0 Å². The summed E-state index contributed by atoms with van der Waals surface area (Å²) in [6, 6.07) is 4.65. The van der Waals surface area contributed by atoms with Crippen molar-refractivity contribution in [3.8, 4) is 0 Å². The first-order valence-electron chi connectivity index (χ1n) is 6.59. The van der Waals surface area contributed by atoms with Crippen LogP contribution in [0.1, 0.15) is 38.4 Å². The lowest BCUT2D eigenvalue weighted by molar-refractivity contribution is 0.597. The SMILES string of the molecule is CCc1cccnc1CN=C1NC(C)CC(C)S1. The van der Waals surface area contributed by atoms with Gasteiger partial charge < -0.3 is 5.32 Å². The van der Waals surface area contributed by atoms with Crippen LogP contribution in [0.25, 0.3) is 0 Å². The van der Waals surface area contributed by atoms with Crippen molar-refractivity contribution in [1.29, 1.82) is 0 Å². The van der Waals surface area contributed by atoms with Crippen molar-refractivity contribution in [2.75, 3.05) is 0 Å². The number of hydrogen-bond acceptors (Lipinski definition) is 3. The zero-order valence-corrected chi connectivity index (χ0v) is 12.1. The van der Waals surface area contributed by atoms with Crippen molar-refractivity contribution < 1.29 is 0 Å². The molecule has 18 heavy (non-hydrogen) atoms. The number of nitrogens with zero attached hydrogens (tertiary/aromatic N) is 2. The average Bonchev–Trinajstić information content (AvgIpc) is 2.35. The number of pyridine rings is 1. The molecule has 1 aliphatic rings. The third kappa shape index (κ3) is 3.48. The van der Waals surface area contributed by atoms with E-state index < -0.39 is 0 Å². The maximum absolute atomic E-state index is 4.67. The number of thioether (sulfide) groups is 1. The van der Waals surface area contributed by atoms with Crippen LogP contribution in [0, 0.1) is 0 Å².